The molecule has 1 aliphatic heterocycles. The van der Waals surface area contributed by atoms with E-state index < -0.39 is 5.97 Å². The minimum atomic E-state index is -0.719. The highest BCUT2D eigenvalue weighted by molar-refractivity contribution is 6.02. The number of H-pyrrole nitrogens is 1. The van der Waals surface area contributed by atoms with Gasteiger partial charge in [-0.15, -0.1) is 0 Å². The second kappa shape index (κ2) is 10.0. The summed E-state index contributed by atoms with van der Waals surface area (Å²) in [6, 6.07) is 9.52. The molecule has 1 aromatic carbocycles. The number of hydrogen-bond donors (Lipinski definition) is 3. The molecule has 0 aliphatic carbocycles. The number of nitrogens with zero attached hydrogens (tertiary/aromatic N) is 3. The first kappa shape index (κ1) is 21.5. The highest BCUT2D eigenvalue weighted by Gasteiger charge is 2.25. The summed E-state index contributed by atoms with van der Waals surface area (Å²) < 4.78 is 0. The normalized spacial score (nSPS) is 16.8. The molecule has 0 bridgehead atoms. The molecule has 1 atom stereocenters. The van der Waals surface area contributed by atoms with Gasteiger partial charge in [0.2, 0.25) is 5.91 Å². The van der Waals surface area contributed by atoms with Gasteiger partial charge >= 0.3 is 5.97 Å². The maximum atomic E-state index is 12.4. The van der Waals surface area contributed by atoms with Crippen molar-refractivity contribution >= 4 is 23.6 Å². The zero-order valence-corrected chi connectivity index (χ0v) is 17.6. The molecule has 2 aromatic heterocycles. The Morgan fingerprint density at radius 3 is 2.81 bits per heavy atom. The maximum absolute atomic E-state index is 12.4. The van der Waals surface area contributed by atoms with Crippen molar-refractivity contribution in [2.45, 2.75) is 19.4 Å². The molecule has 8 nitrogen and oxygen atoms in total. The number of carboxylic acids is 1. The number of nitrogens with one attached hydrogen (secondary N) is 2. The molecule has 0 saturated carbocycles. The monoisotopic (exact) mass is 431 g/mol. The number of likely N-dealkylation sites (tertiary alicyclic amines) is 1. The van der Waals surface area contributed by atoms with E-state index in [1.807, 2.05) is 30.3 Å². The highest BCUT2D eigenvalue weighted by atomic mass is 16.4. The van der Waals surface area contributed by atoms with Gasteiger partial charge in [0, 0.05) is 54.6 Å². The number of aromatic amines is 1. The number of benzene rings is 1. The van der Waals surface area contributed by atoms with E-state index in [9.17, 15) is 14.7 Å². The van der Waals surface area contributed by atoms with E-state index in [1.165, 1.54) is 6.08 Å². The first-order chi connectivity index (χ1) is 15.6. The fourth-order valence-electron chi connectivity index (χ4n) is 3.90. The summed E-state index contributed by atoms with van der Waals surface area (Å²) in [7, 11) is 0. The summed E-state index contributed by atoms with van der Waals surface area (Å²) >= 11 is 0. The van der Waals surface area contributed by atoms with Crippen molar-refractivity contribution in [2.75, 3.05) is 18.4 Å². The lowest BCUT2D eigenvalue weighted by atomic mass is 9.98. The minimum Gasteiger partial charge on any atom is -0.481 e. The standard InChI is InChI=1S/C24H25N5O3/c30-23(8-5-18-12-25-10-9-22(18)20-13-26-27-14-20)28-21-6-3-17(4-7-21)15-29-11-1-2-19(16-29)24(31)32/h3-10,12-14,19H,1-2,11,15-16H2,(H,26,27)(H,28,30)(H,31,32)/b8-5+. The van der Waals surface area contributed by atoms with Crippen molar-refractivity contribution < 1.29 is 14.7 Å². The third kappa shape index (κ3) is 5.47. The summed E-state index contributed by atoms with van der Waals surface area (Å²) in [6.45, 7) is 2.19. The van der Waals surface area contributed by atoms with Crippen LogP contribution in [0.1, 0.15) is 24.0 Å². The lowest BCUT2D eigenvalue weighted by Crippen LogP contribution is -2.38. The fraction of sp³-hybridized carbons (Fsp3) is 0.250. The average Bonchev–Trinajstić information content (AvgIpc) is 3.34. The van der Waals surface area contributed by atoms with Crippen molar-refractivity contribution in [1.82, 2.24) is 20.1 Å². The Kier molecular flexibility index (Phi) is 6.72. The van der Waals surface area contributed by atoms with Gasteiger partial charge in [-0.05, 0) is 54.8 Å². The van der Waals surface area contributed by atoms with E-state index in [-0.39, 0.29) is 11.8 Å². The van der Waals surface area contributed by atoms with Gasteiger partial charge in [-0.3, -0.25) is 24.6 Å². The van der Waals surface area contributed by atoms with Crippen molar-refractivity contribution in [2.24, 2.45) is 5.92 Å². The minimum absolute atomic E-state index is 0.236. The molecule has 164 valence electrons. The summed E-state index contributed by atoms with van der Waals surface area (Å²) in [5.74, 6) is -1.24. The Morgan fingerprint density at radius 2 is 2.06 bits per heavy atom. The predicted molar refractivity (Wildman–Crippen MR) is 122 cm³/mol. The zero-order valence-electron chi connectivity index (χ0n) is 17.6. The molecule has 1 fully saturated rings. The van der Waals surface area contributed by atoms with Crippen LogP contribution in [0.25, 0.3) is 17.2 Å². The number of carbonyl (C=O) groups is 2. The lowest BCUT2D eigenvalue weighted by molar-refractivity contribution is -0.143. The molecule has 1 saturated heterocycles. The van der Waals surface area contributed by atoms with Crippen LogP contribution in [-0.2, 0) is 16.1 Å². The van der Waals surface area contributed by atoms with Crippen molar-refractivity contribution in [3.63, 3.8) is 0 Å². The van der Waals surface area contributed by atoms with Crippen LogP contribution in [0.2, 0.25) is 0 Å². The second-order valence-corrected chi connectivity index (χ2v) is 7.88. The molecule has 0 radical (unpaired) electrons. The Bertz CT molecular complexity index is 1090. The number of hydrogen-bond acceptors (Lipinski definition) is 5. The van der Waals surface area contributed by atoms with Crippen LogP contribution in [0, 0.1) is 5.92 Å². The number of aromatic nitrogens is 3. The molecule has 1 aliphatic rings. The summed E-state index contributed by atoms with van der Waals surface area (Å²) in [6.07, 6.45) is 11.8. The molecular formula is C24H25N5O3. The van der Waals surface area contributed by atoms with E-state index in [0.29, 0.717) is 18.8 Å². The van der Waals surface area contributed by atoms with E-state index in [2.05, 4.69) is 25.4 Å². The number of carboxylic acid groups (broad SMARTS) is 1. The van der Waals surface area contributed by atoms with Crippen LogP contribution in [0.3, 0.4) is 0 Å². The zero-order chi connectivity index (χ0) is 22.3. The number of pyridine rings is 1. The van der Waals surface area contributed by atoms with Crippen molar-refractivity contribution in [1.29, 1.82) is 0 Å². The third-order valence-electron chi connectivity index (χ3n) is 5.56. The van der Waals surface area contributed by atoms with Crippen LogP contribution in [0.15, 0.2) is 61.2 Å². The first-order valence-electron chi connectivity index (χ1n) is 10.5. The van der Waals surface area contributed by atoms with Gasteiger partial charge in [-0.1, -0.05) is 12.1 Å². The molecule has 4 rings (SSSR count). The Hall–Kier alpha value is -3.78. The fourth-order valence-corrected chi connectivity index (χ4v) is 3.90. The number of amides is 1. The SMILES string of the molecule is O=C(/C=C/c1cnccc1-c1cn[nH]c1)Nc1ccc(CN2CCCC(C(=O)O)C2)cc1. The molecule has 3 heterocycles. The molecule has 1 amide bonds. The van der Waals surface area contributed by atoms with Gasteiger partial charge in [-0.25, -0.2) is 0 Å². The quantitative estimate of drug-likeness (QED) is 0.494. The molecule has 3 aromatic rings. The second-order valence-electron chi connectivity index (χ2n) is 7.88. The molecule has 1 unspecified atom stereocenters. The van der Waals surface area contributed by atoms with E-state index >= 15 is 0 Å². The highest BCUT2D eigenvalue weighted by Crippen LogP contribution is 2.23. The van der Waals surface area contributed by atoms with Crippen molar-refractivity contribution in [3.8, 4) is 11.1 Å². The number of rotatable bonds is 7. The number of anilines is 1. The maximum Gasteiger partial charge on any atom is 0.307 e. The Balaban J connectivity index is 1.34. The van der Waals surface area contributed by atoms with Crippen LogP contribution in [0.4, 0.5) is 5.69 Å². The van der Waals surface area contributed by atoms with Crippen LogP contribution in [0.5, 0.6) is 0 Å². The smallest absolute Gasteiger partial charge is 0.307 e. The first-order valence-corrected chi connectivity index (χ1v) is 10.5. The van der Waals surface area contributed by atoms with Gasteiger partial charge in [0.15, 0.2) is 0 Å². The number of piperidine rings is 1. The van der Waals surface area contributed by atoms with E-state index in [4.69, 9.17) is 0 Å². The lowest BCUT2D eigenvalue weighted by Gasteiger charge is -2.30. The van der Waals surface area contributed by atoms with Crippen molar-refractivity contribution in [3.05, 3.63) is 72.3 Å². The predicted octanol–water partition coefficient (Wildman–Crippen LogP) is 3.42. The van der Waals surface area contributed by atoms with Gasteiger partial charge in [0.25, 0.3) is 0 Å². The van der Waals surface area contributed by atoms with Gasteiger partial charge < -0.3 is 10.4 Å². The molecule has 3 N–H and O–H groups in total. The van der Waals surface area contributed by atoms with Crippen LogP contribution < -0.4 is 5.32 Å². The van der Waals surface area contributed by atoms with Gasteiger partial charge in [0.1, 0.15) is 0 Å². The van der Waals surface area contributed by atoms with Gasteiger partial charge in [-0.2, -0.15) is 5.10 Å². The molecule has 0 spiro atoms. The number of aliphatic carboxylic acids is 1. The summed E-state index contributed by atoms with van der Waals surface area (Å²) in [5, 5.41) is 18.9. The summed E-state index contributed by atoms with van der Waals surface area (Å²) in [5.41, 5.74) is 4.47. The average molecular weight is 431 g/mol. The Labute approximate surface area is 186 Å². The van der Waals surface area contributed by atoms with Gasteiger partial charge in [0.05, 0.1) is 12.1 Å². The molecular weight excluding hydrogens is 406 g/mol. The van der Waals surface area contributed by atoms with Crippen LogP contribution in [-0.4, -0.2) is 50.2 Å². The van der Waals surface area contributed by atoms with E-state index in [1.54, 1.807) is 30.9 Å². The molecule has 32 heavy (non-hydrogen) atoms. The largest absolute Gasteiger partial charge is 0.481 e. The number of carbonyl (C=O) groups excluding carboxylic acids is 1. The Morgan fingerprint density at radius 1 is 1.22 bits per heavy atom. The third-order valence-corrected chi connectivity index (χ3v) is 5.56. The van der Waals surface area contributed by atoms with E-state index in [0.717, 1.165) is 41.6 Å². The topological polar surface area (TPSA) is 111 Å². The van der Waals surface area contributed by atoms with Crippen LogP contribution >= 0.6 is 0 Å². The summed E-state index contributed by atoms with van der Waals surface area (Å²) in [4.78, 5) is 29.9. The molecule has 8 heteroatoms.